The number of nitrogens with zero attached hydrogens (tertiary/aromatic N) is 2. The molecule has 3 rings (SSSR count). The predicted octanol–water partition coefficient (Wildman–Crippen LogP) is 3.56. The Bertz CT molecular complexity index is 778. The van der Waals surface area contributed by atoms with Gasteiger partial charge in [-0.2, -0.15) is 16.3 Å². The first-order valence-corrected chi connectivity index (χ1v) is 7.19. The van der Waals surface area contributed by atoms with Gasteiger partial charge >= 0.3 is 5.97 Å². The first-order chi connectivity index (χ1) is 10.2. The molecule has 0 saturated carbocycles. The molecule has 5 nitrogen and oxygen atoms in total. The Morgan fingerprint density at radius 2 is 2.14 bits per heavy atom. The molecule has 0 unspecified atom stereocenters. The zero-order chi connectivity index (χ0) is 14.8. The van der Waals surface area contributed by atoms with E-state index < -0.39 is 0 Å². The van der Waals surface area contributed by atoms with Crippen LogP contribution >= 0.6 is 11.3 Å². The van der Waals surface area contributed by atoms with E-state index in [2.05, 4.69) is 10.1 Å². The third kappa shape index (κ3) is 2.57. The quantitative estimate of drug-likeness (QED) is 0.692. The summed E-state index contributed by atoms with van der Waals surface area (Å²) < 4.78 is 9.98. The van der Waals surface area contributed by atoms with E-state index in [-0.39, 0.29) is 5.97 Å². The van der Waals surface area contributed by atoms with Gasteiger partial charge in [0.25, 0.3) is 5.89 Å². The number of benzene rings is 1. The van der Waals surface area contributed by atoms with E-state index in [9.17, 15) is 4.79 Å². The van der Waals surface area contributed by atoms with Gasteiger partial charge in [0.1, 0.15) is 0 Å². The highest BCUT2D eigenvalue weighted by Gasteiger charge is 2.14. The highest BCUT2D eigenvalue weighted by molar-refractivity contribution is 7.08. The lowest BCUT2D eigenvalue weighted by atomic mass is 10.0. The van der Waals surface area contributed by atoms with Crippen LogP contribution in [0.1, 0.15) is 15.9 Å². The molecule has 2 heterocycles. The lowest BCUT2D eigenvalue weighted by molar-refractivity contribution is 0.0600. The lowest BCUT2D eigenvalue weighted by Gasteiger charge is -2.04. The van der Waals surface area contributed by atoms with Crippen LogP contribution < -0.4 is 0 Å². The van der Waals surface area contributed by atoms with Crippen molar-refractivity contribution >= 4 is 17.3 Å². The number of carbonyl (C=O) groups is 1. The number of aromatic nitrogens is 2. The number of hydrogen-bond donors (Lipinski definition) is 0. The van der Waals surface area contributed by atoms with Crippen LogP contribution in [0.3, 0.4) is 0 Å². The first-order valence-electron chi connectivity index (χ1n) is 6.24. The molecule has 2 aromatic heterocycles. The van der Waals surface area contributed by atoms with Crippen LogP contribution in [0.2, 0.25) is 0 Å². The second-order valence-corrected chi connectivity index (χ2v) is 5.24. The van der Waals surface area contributed by atoms with Gasteiger partial charge in [-0.3, -0.25) is 0 Å². The Morgan fingerprint density at radius 1 is 1.29 bits per heavy atom. The van der Waals surface area contributed by atoms with E-state index >= 15 is 0 Å². The number of ether oxygens (including phenoxy) is 1. The van der Waals surface area contributed by atoms with Crippen molar-refractivity contribution in [2.45, 2.75) is 6.92 Å². The number of carbonyl (C=O) groups excluding carboxylic acids is 1. The average molecular weight is 300 g/mol. The van der Waals surface area contributed by atoms with Gasteiger partial charge in [-0.15, -0.1) is 0 Å². The maximum absolute atomic E-state index is 11.6. The molecule has 0 aliphatic carbocycles. The van der Waals surface area contributed by atoms with Crippen molar-refractivity contribution in [2.75, 3.05) is 7.11 Å². The summed E-state index contributed by atoms with van der Waals surface area (Å²) in [6, 6.07) is 7.25. The molecule has 0 atom stereocenters. The molecule has 0 amide bonds. The minimum Gasteiger partial charge on any atom is -0.465 e. The van der Waals surface area contributed by atoms with Gasteiger partial charge in [-0.1, -0.05) is 11.2 Å². The fourth-order valence-electron chi connectivity index (χ4n) is 1.99. The molecule has 0 bridgehead atoms. The summed E-state index contributed by atoms with van der Waals surface area (Å²) in [5, 5.41) is 7.88. The van der Waals surface area contributed by atoms with E-state index in [1.54, 1.807) is 23.5 Å². The highest BCUT2D eigenvalue weighted by atomic mass is 32.1. The zero-order valence-electron chi connectivity index (χ0n) is 11.5. The van der Waals surface area contributed by atoms with Crippen LogP contribution in [0.5, 0.6) is 0 Å². The van der Waals surface area contributed by atoms with Gasteiger partial charge in [-0.25, -0.2) is 4.79 Å². The molecule has 3 aromatic rings. The molecule has 106 valence electrons. The number of methoxy groups -OCH3 is 1. The van der Waals surface area contributed by atoms with Crippen molar-refractivity contribution in [3.8, 4) is 22.8 Å². The van der Waals surface area contributed by atoms with E-state index in [1.165, 1.54) is 7.11 Å². The zero-order valence-corrected chi connectivity index (χ0v) is 12.3. The van der Waals surface area contributed by atoms with Crippen molar-refractivity contribution in [1.82, 2.24) is 10.1 Å². The van der Waals surface area contributed by atoms with Gasteiger partial charge in [0.15, 0.2) is 0 Å². The molecule has 0 aliphatic rings. The van der Waals surface area contributed by atoms with Crippen molar-refractivity contribution in [1.29, 1.82) is 0 Å². The highest BCUT2D eigenvalue weighted by Crippen LogP contribution is 2.25. The summed E-state index contributed by atoms with van der Waals surface area (Å²) in [5.41, 5.74) is 3.04. The second kappa shape index (κ2) is 5.49. The predicted molar refractivity (Wildman–Crippen MR) is 79.1 cm³/mol. The summed E-state index contributed by atoms with van der Waals surface area (Å²) in [6.07, 6.45) is 0. The first kappa shape index (κ1) is 13.5. The standard InChI is InChI=1S/C15H12N2O3S/c1-9-7-10(3-4-12(9)15(18)19-2)13-16-14(20-17-13)11-5-6-21-8-11/h3-8H,1-2H3. The van der Waals surface area contributed by atoms with Gasteiger partial charge in [0.2, 0.25) is 5.82 Å². The number of thiophene rings is 1. The van der Waals surface area contributed by atoms with Gasteiger partial charge in [-0.05, 0) is 36.1 Å². The average Bonchev–Trinajstić information content (AvgIpc) is 3.17. The van der Waals surface area contributed by atoms with E-state index in [0.29, 0.717) is 17.3 Å². The monoisotopic (exact) mass is 300 g/mol. The lowest BCUT2D eigenvalue weighted by Crippen LogP contribution is -2.03. The van der Waals surface area contributed by atoms with E-state index in [0.717, 1.165) is 16.7 Å². The third-order valence-electron chi connectivity index (χ3n) is 3.08. The molecular formula is C15H12N2O3S. The topological polar surface area (TPSA) is 65.2 Å². The molecule has 21 heavy (non-hydrogen) atoms. The Kier molecular flexibility index (Phi) is 3.53. The molecule has 0 saturated heterocycles. The van der Waals surface area contributed by atoms with Crippen LogP contribution in [-0.4, -0.2) is 23.2 Å². The minimum absolute atomic E-state index is 0.355. The number of rotatable bonds is 3. The fourth-order valence-corrected chi connectivity index (χ4v) is 2.62. The maximum atomic E-state index is 11.6. The van der Waals surface area contributed by atoms with Gasteiger partial charge < -0.3 is 9.26 Å². The molecule has 0 aliphatic heterocycles. The fraction of sp³-hybridized carbons (Fsp3) is 0.133. The SMILES string of the molecule is COC(=O)c1ccc(-c2noc(-c3ccsc3)n2)cc1C. The Hall–Kier alpha value is -2.47. The van der Waals surface area contributed by atoms with Crippen molar-refractivity contribution in [2.24, 2.45) is 0 Å². The molecule has 6 heteroatoms. The Balaban J connectivity index is 1.94. The summed E-state index contributed by atoms with van der Waals surface area (Å²) in [4.78, 5) is 15.9. The van der Waals surface area contributed by atoms with Crippen LogP contribution in [0.25, 0.3) is 22.8 Å². The summed E-state index contributed by atoms with van der Waals surface area (Å²) >= 11 is 1.57. The minimum atomic E-state index is -0.355. The number of aryl methyl sites for hydroxylation is 1. The molecule has 0 spiro atoms. The smallest absolute Gasteiger partial charge is 0.338 e. The maximum Gasteiger partial charge on any atom is 0.338 e. The normalized spacial score (nSPS) is 10.6. The molecule has 0 N–H and O–H groups in total. The van der Waals surface area contributed by atoms with Gasteiger partial charge in [0, 0.05) is 10.9 Å². The Labute approximate surface area is 125 Å². The van der Waals surface area contributed by atoms with Crippen LogP contribution in [0.15, 0.2) is 39.5 Å². The summed E-state index contributed by atoms with van der Waals surface area (Å²) in [6.45, 7) is 1.84. The Morgan fingerprint density at radius 3 is 2.81 bits per heavy atom. The van der Waals surface area contributed by atoms with Crippen molar-refractivity contribution in [3.63, 3.8) is 0 Å². The molecular weight excluding hydrogens is 288 g/mol. The summed E-state index contributed by atoms with van der Waals surface area (Å²) in [5.74, 6) is 0.628. The third-order valence-corrected chi connectivity index (χ3v) is 3.77. The summed E-state index contributed by atoms with van der Waals surface area (Å²) in [7, 11) is 1.36. The van der Waals surface area contributed by atoms with Crippen LogP contribution in [0, 0.1) is 6.92 Å². The molecule has 1 aromatic carbocycles. The largest absolute Gasteiger partial charge is 0.465 e. The second-order valence-electron chi connectivity index (χ2n) is 4.46. The number of hydrogen-bond acceptors (Lipinski definition) is 6. The van der Waals surface area contributed by atoms with E-state index in [1.807, 2.05) is 29.8 Å². The van der Waals surface area contributed by atoms with Crippen molar-refractivity contribution in [3.05, 3.63) is 46.2 Å². The molecule has 0 radical (unpaired) electrons. The van der Waals surface area contributed by atoms with Gasteiger partial charge in [0.05, 0.1) is 18.2 Å². The van der Waals surface area contributed by atoms with Crippen LogP contribution in [0.4, 0.5) is 0 Å². The van der Waals surface area contributed by atoms with E-state index in [4.69, 9.17) is 9.26 Å². The number of esters is 1. The van der Waals surface area contributed by atoms with Crippen molar-refractivity contribution < 1.29 is 14.1 Å². The molecule has 0 fully saturated rings. The van der Waals surface area contributed by atoms with Crippen LogP contribution in [-0.2, 0) is 4.74 Å².